The van der Waals surface area contributed by atoms with Crippen LogP contribution in [-0.2, 0) is 6.42 Å². The summed E-state index contributed by atoms with van der Waals surface area (Å²) in [7, 11) is 0. The molecule has 0 fully saturated rings. The van der Waals surface area contributed by atoms with E-state index >= 15 is 0 Å². The van der Waals surface area contributed by atoms with Gasteiger partial charge in [-0.1, -0.05) is 13.3 Å². The molecule has 0 unspecified atom stereocenters. The topological polar surface area (TPSA) is 51.8 Å². The third-order valence-corrected chi connectivity index (χ3v) is 3.55. The van der Waals surface area contributed by atoms with Gasteiger partial charge in [-0.25, -0.2) is 9.97 Å². The van der Waals surface area contributed by atoms with Crippen LogP contribution < -0.4 is 5.73 Å². The van der Waals surface area contributed by atoms with Gasteiger partial charge in [-0.15, -0.1) is 11.3 Å². The molecule has 0 aliphatic heterocycles. The van der Waals surface area contributed by atoms with Crippen molar-refractivity contribution in [2.75, 3.05) is 5.73 Å². The predicted molar refractivity (Wildman–Crippen MR) is 73.2 cm³/mol. The van der Waals surface area contributed by atoms with Crippen molar-refractivity contribution in [3.8, 4) is 11.4 Å². The number of rotatable bonds is 3. The van der Waals surface area contributed by atoms with E-state index in [1.54, 1.807) is 11.3 Å². The second-order valence-electron chi connectivity index (χ2n) is 4.18. The second-order valence-corrected chi connectivity index (χ2v) is 5.65. The average molecular weight is 247 g/mol. The first-order chi connectivity index (χ1) is 8.10. The van der Waals surface area contributed by atoms with Gasteiger partial charge in [0.2, 0.25) is 0 Å². The van der Waals surface area contributed by atoms with Gasteiger partial charge in [0.15, 0.2) is 5.82 Å². The molecule has 0 atom stereocenters. The molecule has 2 aromatic heterocycles. The molecule has 17 heavy (non-hydrogen) atoms. The molecule has 2 aromatic rings. The fourth-order valence-electron chi connectivity index (χ4n) is 1.88. The zero-order valence-corrected chi connectivity index (χ0v) is 11.3. The summed E-state index contributed by atoms with van der Waals surface area (Å²) < 4.78 is 0. The highest BCUT2D eigenvalue weighted by atomic mass is 32.1. The van der Waals surface area contributed by atoms with Crippen LogP contribution in [0, 0.1) is 13.8 Å². The molecule has 4 heteroatoms. The molecule has 0 amide bonds. The highest BCUT2D eigenvalue weighted by molar-refractivity contribution is 7.12. The monoisotopic (exact) mass is 247 g/mol. The lowest BCUT2D eigenvalue weighted by molar-refractivity contribution is 0.877. The summed E-state index contributed by atoms with van der Waals surface area (Å²) in [4.78, 5) is 11.4. The number of aryl methyl sites for hydroxylation is 3. The number of hydrogen-bond donors (Lipinski definition) is 1. The highest BCUT2D eigenvalue weighted by Crippen LogP contribution is 2.28. The first kappa shape index (κ1) is 12.0. The number of anilines is 1. The molecule has 0 aliphatic carbocycles. The van der Waals surface area contributed by atoms with Gasteiger partial charge in [0.25, 0.3) is 0 Å². The predicted octanol–water partition coefficient (Wildman–Crippen LogP) is 3.36. The average Bonchev–Trinajstić information content (AvgIpc) is 2.57. The number of nitrogens with zero attached hydrogens (tertiary/aromatic N) is 2. The molecule has 2 heterocycles. The number of hydrogen-bond acceptors (Lipinski definition) is 4. The summed E-state index contributed by atoms with van der Waals surface area (Å²) in [6.07, 6.45) is 2.01. The van der Waals surface area contributed by atoms with Crippen molar-refractivity contribution in [2.24, 2.45) is 0 Å². The molecule has 0 saturated heterocycles. The summed E-state index contributed by atoms with van der Waals surface area (Å²) >= 11 is 1.77. The zero-order valence-electron chi connectivity index (χ0n) is 10.4. The van der Waals surface area contributed by atoms with Crippen molar-refractivity contribution in [3.05, 3.63) is 27.6 Å². The van der Waals surface area contributed by atoms with E-state index in [2.05, 4.69) is 36.8 Å². The Morgan fingerprint density at radius 3 is 2.59 bits per heavy atom. The fourth-order valence-corrected chi connectivity index (χ4v) is 2.80. The van der Waals surface area contributed by atoms with Crippen LogP contribution in [0.5, 0.6) is 0 Å². The largest absolute Gasteiger partial charge is 0.384 e. The van der Waals surface area contributed by atoms with E-state index in [4.69, 9.17) is 5.73 Å². The van der Waals surface area contributed by atoms with Crippen molar-refractivity contribution in [1.82, 2.24) is 9.97 Å². The lowest BCUT2D eigenvalue weighted by atomic mass is 10.2. The molecule has 0 bridgehead atoms. The number of nitrogens with two attached hydrogens (primary N) is 1. The van der Waals surface area contributed by atoms with Crippen molar-refractivity contribution in [2.45, 2.75) is 33.6 Å². The van der Waals surface area contributed by atoms with Gasteiger partial charge in [0, 0.05) is 27.1 Å². The Morgan fingerprint density at radius 1 is 1.24 bits per heavy atom. The molecule has 3 nitrogen and oxygen atoms in total. The maximum Gasteiger partial charge on any atom is 0.162 e. The molecular weight excluding hydrogens is 230 g/mol. The van der Waals surface area contributed by atoms with E-state index in [0.29, 0.717) is 5.82 Å². The van der Waals surface area contributed by atoms with Crippen molar-refractivity contribution in [3.63, 3.8) is 0 Å². The van der Waals surface area contributed by atoms with Gasteiger partial charge in [0.1, 0.15) is 5.82 Å². The Kier molecular flexibility index (Phi) is 3.43. The molecule has 0 aromatic carbocycles. The van der Waals surface area contributed by atoms with Crippen LogP contribution in [0.15, 0.2) is 12.1 Å². The minimum absolute atomic E-state index is 0.557. The normalized spacial score (nSPS) is 10.8. The van der Waals surface area contributed by atoms with Gasteiger partial charge in [0.05, 0.1) is 0 Å². The SMILES string of the molecule is CCCc1cc(N)nc(-c2cc(C)sc2C)n1. The fraction of sp³-hybridized carbons (Fsp3) is 0.385. The van der Waals surface area contributed by atoms with Crippen LogP contribution in [0.4, 0.5) is 5.82 Å². The quantitative estimate of drug-likeness (QED) is 0.904. The van der Waals surface area contributed by atoms with Crippen LogP contribution >= 0.6 is 11.3 Å². The molecule has 0 spiro atoms. The Morgan fingerprint density at radius 2 is 2.00 bits per heavy atom. The van der Waals surface area contributed by atoms with Crippen molar-refractivity contribution >= 4 is 17.2 Å². The molecule has 0 aliphatic rings. The summed E-state index contributed by atoms with van der Waals surface area (Å²) in [5.41, 5.74) is 7.97. The first-order valence-corrected chi connectivity index (χ1v) is 6.62. The van der Waals surface area contributed by atoms with Crippen LogP contribution in [0.1, 0.15) is 28.8 Å². The Labute approximate surface area is 106 Å². The molecule has 0 radical (unpaired) electrons. The smallest absolute Gasteiger partial charge is 0.162 e. The van der Waals surface area contributed by atoms with E-state index in [9.17, 15) is 0 Å². The number of nitrogen functional groups attached to an aromatic ring is 1. The maximum absolute atomic E-state index is 5.84. The minimum Gasteiger partial charge on any atom is -0.384 e. The number of aromatic nitrogens is 2. The highest BCUT2D eigenvalue weighted by Gasteiger charge is 2.10. The molecule has 0 saturated carbocycles. The van der Waals surface area contributed by atoms with Gasteiger partial charge in [-0.3, -0.25) is 0 Å². The van der Waals surface area contributed by atoms with E-state index < -0.39 is 0 Å². The molecule has 2 rings (SSSR count). The van der Waals surface area contributed by atoms with E-state index in [-0.39, 0.29) is 0 Å². The van der Waals surface area contributed by atoms with E-state index in [1.807, 2.05) is 6.07 Å². The van der Waals surface area contributed by atoms with Crippen molar-refractivity contribution in [1.29, 1.82) is 0 Å². The first-order valence-electron chi connectivity index (χ1n) is 5.81. The van der Waals surface area contributed by atoms with Crippen LogP contribution in [0.25, 0.3) is 11.4 Å². The lowest BCUT2D eigenvalue weighted by Gasteiger charge is -2.04. The molecule has 90 valence electrons. The standard InChI is InChI=1S/C13H17N3S/c1-4-5-10-7-12(14)16-13(15-10)11-6-8(2)17-9(11)3/h6-7H,4-5H2,1-3H3,(H2,14,15,16). The van der Waals surface area contributed by atoms with Crippen LogP contribution in [0.2, 0.25) is 0 Å². The van der Waals surface area contributed by atoms with Gasteiger partial charge < -0.3 is 5.73 Å². The third kappa shape index (κ3) is 2.64. The summed E-state index contributed by atoms with van der Waals surface area (Å²) in [5, 5.41) is 0. The Balaban J connectivity index is 2.48. The molecule has 2 N–H and O–H groups in total. The van der Waals surface area contributed by atoms with E-state index in [0.717, 1.165) is 29.9 Å². The summed E-state index contributed by atoms with van der Waals surface area (Å²) in [6, 6.07) is 3.99. The third-order valence-electron chi connectivity index (χ3n) is 2.59. The minimum atomic E-state index is 0.557. The van der Waals surface area contributed by atoms with Crippen LogP contribution in [0.3, 0.4) is 0 Å². The number of thiophene rings is 1. The summed E-state index contributed by atoms with van der Waals surface area (Å²) in [6.45, 7) is 6.33. The Bertz CT molecular complexity index is 531. The Hall–Kier alpha value is -1.42. The lowest BCUT2D eigenvalue weighted by Crippen LogP contribution is -2.00. The van der Waals surface area contributed by atoms with Crippen molar-refractivity contribution < 1.29 is 0 Å². The molecular formula is C13H17N3S. The summed E-state index contributed by atoms with van der Waals surface area (Å²) in [5.74, 6) is 1.32. The van der Waals surface area contributed by atoms with Gasteiger partial charge in [-0.05, 0) is 26.3 Å². The van der Waals surface area contributed by atoms with Gasteiger partial charge >= 0.3 is 0 Å². The maximum atomic E-state index is 5.84. The van der Waals surface area contributed by atoms with Crippen LogP contribution in [-0.4, -0.2) is 9.97 Å². The van der Waals surface area contributed by atoms with Gasteiger partial charge in [-0.2, -0.15) is 0 Å². The second kappa shape index (κ2) is 4.84. The van der Waals surface area contributed by atoms with E-state index in [1.165, 1.54) is 9.75 Å². The zero-order chi connectivity index (χ0) is 12.4.